The van der Waals surface area contributed by atoms with E-state index in [4.69, 9.17) is 46.4 Å². The molecule has 0 radical (unpaired) electrons. The first-order valence-corrected chi connectivity index (χ1v) is 8.38. The van der Waals surface area contributed by atoms with Gasteiger partial charge in [-0.15, -0.1) is 11.8 Å². The molecule has 1 unspecified atom stereocenters. The molecule has 0 aliphatic rings. The summed E-state index contributed by atoms with van der Waals surface area (Å²) in [5, 5.41) is 1.50. The molecule has 0 N–H and O–H groups in total. The predicted octanol–water partition coefficient (Wildman–Crippen LogP) is 6.66. The van der Waals surface area contributed by atoms with Crippen molar-refractivity contribution in [2.45, 2.75) is 17.1 Å². The first-order valence-electron chi connectivity index (χ1n) is 5.99. The first kappa shape index (κ1) is 17.0. The van der Waals surface area contributed by atoms with Crippen molar-refractivity contribution in [1.29, 1.82) is 0 Å². The van der Waals surface area contributed by atoms with E-state index in [0.717, 1.165) is 4.90 Å². The maximum Gasteiger partial charge on any atom is 0.177 e. The zero-order chi connectivity index (χ0) is 15.6. The Morgan fingerprint density at radius 3 is 2.29 bits per heavy atom. The van der Waals surface area contributed by atoms with Crippen molar-refractivity contribution in [2.75, 3.05) is 0 Å². The van der Waals surface area contributed by atoms with Gasteiger partial charge in [0.25, 0.3) is 0 Å². The zero-order valence-corrected chi connectivity index (χ0v) is 14.7. The van der Waals surface area contributed by atoms with Crippen LogP contribution in [0.15, 0.2) is 41.3 Å². The molecule has 2 rings (SSSR count). The number of carbonyl (C=O) groups excluding carboxylic acids is 1. The normalized spacial score (nSPS) is 12.2. The minimum Gasteiger partial charge on any atom is -0.293 e. The number of hydrogen-bond donors (Lipinski definition) is 0. The Balaban J connectivity index is 2.17. The molecule has 0 heterocycles. The number of halogens is 4. The average molecular weight is 380 g/mol. The lowest BCUT2D eigenvalue weighted by molar-refractivity contribution is 0.0994. The van der Waals surface area contributed by atoms with Crippen LogP contribution in [-0.4, -0.2) is 11.0 Å². The van der Waals surface area contributed by atoms with E-state index in [0.29, 0.717) is 25.7 Å². The standard InChI is InChI=1S/C15H10Cl4OS/c1-8(21-10-3-5-12(17)14(19)7-10)15(20)11-4-2-9(16)6-13(11)18/h2-8H,1H3. The van der Waals surface area contributed by atoms with Gasteiger partial charge in [-0.3, -0.25) is 4.79 Å². The molecule has 1 nitrogen and oxygen atoms in total. The average Bonchev–Trinajstić information content (AvgIpc) is 2.42. The van der Waals surface area contributed by atoms with E-state index in [2.05, 4.69) is 0 Å². The highest BCUT2D eigenvalue weighted by Gasteiger charge is 2.19. The highest BCUT2D eigenvalue weighted by Crippen LogP contribution is 2.32. The van der Waals surface area contributed by atoms with Crippen molar-refractivity contribution >= 4 is 63.9 Å². The third-order valence-corrected chi connectivity index (χ3v) is 5.15. The molecule has 0 saturated carbocycles. The largest absolute Gasteiger partial charge is 0.293 e. The Labute approximate surface area is 147 Å². The summed E-state index contributed by atoms with van der Waals surface area (Å²) >= 11 is 25.1. The molecular weight excluding hydrogens is 370 g/mol. The number of thioether (sulfide) groups is 1. The minimum atomic E-state index is -0.305. The SMILES string of the molecule is CC(Sc1ccc(Cl)c(Cl)c1)C(=O)c1ccc(Cl)cc1Cl. The summed E-state index contributed by atoms with van der Waals surface area (Å²) in [7, 11) is 0. The monoisotopic (exact) mass is 378 g/mol. The Bertz CT molecular complexity index is 687. The number of ketones is 1. The van der Waals surface area contributed by atoms with Gasteiger partial charge in [0.1, 0.15) is 0 Å². The smallest absolute Gasteiger partial charge is 0.177 e. The van der Waals surface area contributed by atoms with Crippen molar-refractivity contribution in [1.82, 2.24) is 0 Å². The van der Waals surface area contributed by atoms with E-state index in [-0.39, 0.29) is 11.0 Å². The molecule has 0 spiro atoms. The van der Waals surface area contributed by atoms with Gasteiger partial charge in [-0.1, -0.05) is 46.4 Å². The molecule has 0 aliphatic heterocycles. The molecule has 21 heavy (non-hydrogen) atoms. The van der Waals surface area contributed by atoms with Crippen LogP contribution in [0.25, 0.3) is 0 Å². The van der Waals surface area contributed by atoms with Gasteiger partial charge in [-0.2, -0.15) is 0 Å². The lowest BCUT2D eigenvalue weighted by Gasteiger charge is -2.12. The Hall–Kier alpha value is -0.380. The lowest BCUT2D eigenvalue weighted by Crippen LogP contribution is -2.13. The molecule has 0 aliphatic carbocycles. The molecule has 0 fully saturated rings. The topological polar surface area (TPSA) is 17.1 Å². The van der Waals surface area contributed by atoms with Crippen LogP contribution < -0.4 is 0 Å². The zero-order valence-electron chi connectivity index (χ0n) is 10.9. The minimum absolute atomic E-state index is 0.0623. The van der Waals surface area contributed by atoms with Crippen molar-refractivity contribution in [3.63, 3.8) is 0 Å². The van der Waals surface area contributed by atoms with Gasteiger partial charge in [-0.25, -0.2) is 0 Å². The molecular formula is C15H10Cl4OS. The number of rotatable bonds is 4. The molecule has 0 amide bonds. The maximum atomic E-state index is 12.4. The second-order valence-electron chi connectivity index (χ2n) is 4.32. The van der Waals surface area contributed by atoms with Crippen LogP contribution in [0.1, 0.15) is 17.3 Å². The van der Waals surface area contributed by atoms with Crippen LogP contribution in [-0.2, 0) is 0 Å². The van der Waals surface area contributed by atoms with Gasteiger partial charge >= 0.3 is 0 Å². The van der Waals surface area contributed by atoms with Crippen molar-refractivity contribution in [3.05, 3.63) is 62.1 Å². The lowest BCUT2D eigenvalue weighted by atomic mass is 10.1. The highest BCUT2D eigenvalue weighted by molar-refractivity contribution is 8.00. The third-order valence-electron chi connectivity index (χ3n) is 2.77. The number of Topliss-reactive ketones (excluding diaryl/α,β-unsaturated/α-hetero) is 1. The summed E-state index contributed by atoms with van der Waals surface area (Å²) in [6, 6.07) is 10.1. The van der Waals surface area contributed by atoms with Gasteiger partial charge in [-0.05, 0) is 43.3 Å². The van der Waals surface area contributed by atoms with Crippen LogP contribution in [0, 0.1) is 0 Å². The van der Waals surface area contributed by atoms with E-state index >= 15 is 0 Å². The van der Waals surface area contributed by atoms with Crippen LogP contribution in [0.5, 0.6) is 0 Å². The van der Waals surface area contributed by atoms with Crippen molar-refractivity contribution < 1.29 is 4.79 Å². The molecule has 6 heteroatoms. The Morgan fingerprint density at radius 2 is 1.67 bits per heavy atom. The van der Waals surface area contributed by atoms with E-state index in [1.807, 2.05) is 13.0 Å². The number of carbonyl (C=O) groups is 1. The van der Waals surface area contributed by atoms with Crippen LogP contribution in [0.2, 0.25) is 20.1 Å². The van der Waals surface area contributed by atoms with E-state index in [1.165, 1.54) is 11.8 Å². The van der Waals surface area contributed by atoms with E-state index in [9.17, 15) is 4.79 Å². The van der Waals surface area contributed by atoms with Gasteiger partial charge in [0.15, 0.2) is 5.78 Å². The van der Waals surface area contributed by atoms with Gasteiger partial charge in [0, 0.05) is 15.5 Å². The fourth-order valence-corrected chi connectivity index (χ4v) is 3.56. The first-order chi connectivity index (χ1) is 9.88. The number of hydrogen-bond acceptors (Lipinski definition) is 2. The van der Waals surface area contributed by atoms with Gasteiger partial charge in [0.05, 0.1) is 20.3 Å². The summed E-state index contributed by atoms with van der Waals surface area (Å²) in [6.45, 7) is 1.82. The summed E-state index contributed by atoms with van der Waals surface area (Å²) in [5.74, 6) is -0.0623. The maximum absolute atomic E-state index is 12.4. The van der Waals surface area contributed by atoms with Crippen LogP contribution in [0.4, 0.5) is 0 Å². The highest BCUT2D eigenvalue weighted by atomic mass is 35.5. The number of benzene rings is 2. The van der Waals surface area contributed by atoms with Gasteiger partial charge < -0.3 is 0 Å². The third kappa shape index (κ3) is 4.30. The van der Waals surface area contributed by atoms with Crippen LogP contribution >= 0.6 is 58.2 Å². The predicted molar refractivity (Wildman–Crippen MR) is 92.6 cm³/mol. The fraction of sp³-hybridized carbons (Fsp3) is 0.133. The summed E-state index contributed by atoms with van der Waals surface area (Å²) in [4.78, 5) is 13.3. The molecule has 2 aromatic carbocycles. The quantitative estimate of drug-likeness (QED) is 0.436. The second-order valence-corrected chi connectivity index (χ2v) is 7.40. The van der Waals surface area contributed by atoms with Gasteiger partial charge in [0.2, 0.25) is 0 Å². The molecule has 0 bridgehead atoms. The van der Waals surface area contributed by atoms with Crippen LogP contribution in [0.3, 0.4) is 0 Å². The fourth-order valence-electron chi connectivity index (χ4n) is 1.72. The summed E-state index contributed by atoms with van der Waals surface area (Å²) in [6.07, 6.45) is 0. The Kier molecular flexibility index (Phi) is 5.87. The molecule has 110 valence electrons. The molecule has 0 aromatic heterocycles. The van der Waals surface area contributed by atoms with E-state index < -0.39 is 0 Å². The molecule has 2 aromatic rings. The second kappa shape index (κ2) is 7.26. The molecule has 0 saturated heterocycles. The summed E-state index contributed by atoms with van der Waals surface area (Å²) in [5.41, 5.74) is 0.459. The van der Waals surface area contributed by atoms with Crippen molar-refractivity contribution in [2.24, 2.45) is 0 Å². The molecule has 1 atom stereocenters. The summed E-state index contributed by atoms with van der Waals surface area (Å²) < 4.78 is 0. The Morgan fingerprint density at radius 1 is 0.952 bits per heavy atom. The van der Waals surface area contributed by atoms with E-state index in [1.54, 1.807) is 30.3 Å². The van der Waals surface area contributed by atoms with Crippen molar-refractivity contribution in [3.8, 4) is 0 Å².